The third-order valence-electron chi connectivity index (χ3n) is 11.8. The highest BCUT2D eigenvalue weighted by Gasteiger charge is 2.29. The Balaban J connectivity index is 0.753. The average Bonchev–Trinajstić information content (AvgIpc) is 3.61. The van der Waals surface area contributed by atoms with Crippen LogP contribution in [0.4, 0.5) is 11.4 Å². The molecule has 8 rings (SSSR count). The summed E-state index contributed by atoms with van der Waals surface area (Å²) in [7, 11) is -3.79. The number of imide groups is 1. The van der Waals surface area contributed by atoms with Crippen molar-refractivity contribution in [3.63, 3.8) is 0 Å². The number of carbonyl (C=O) groups is 3. The molecular weight excluding hydrogens is 731 g/mol. The molecule has 3 saturated heterocycles. The third kappa shape index (κ3) is 9.23. The summed E-state index contributed by atoms with van der Waals surface area (Å²) >= 11 is 0. The number of piperidine rings is 2. The minimum absolute atomic E-state index is 0.0866. The molecule has 2 aromatic heterocycles. The number of nitrogens with one attached hydrogen (secondary N) is 4. The van der Waals surface area contributed by atoms with Crippen LogP contribution in [-0.2, 0) is 19.8 Å². The molecule has 0 radical (unpaired) electrons. The van der Waals surface area contributed by atoms with Crippen LogP contribution in [0.25, 0.3) is 16.9 Å². The second kappa shape index (κ2) is 16.7. The number of rotatable bonds is 13. The lowest BCUT2D eigenvalue weighted by atomic mass is 9.90. The van der Waals surface area contributed by atoms with Crippen molar-refractivity contribution in [2.45, 2.75) is 56.9 Å². The Morgan fingerprint density at radius 2 is 1.64 bits per heavy atom. The Labute approximate surface area is 328 Å². The van der Waals surface area contributed by atoms with Gasteiger partial charge < -0.3 is 19.5 Å². The van der Waals surface area contributed by atoms with Gasteiger partial charge >= 0.3 is 0 Å². The van der Waals surface area contributed by atoms with Gasteiger partial charge in [-0.3, -0.25) is 29.3 Å². The summed E-state index contributed by atoms with van der Waals surface area (Å²) < 4.78 is 33.2. The monoisotopic (exact) mass is 781 g/mol. The number of fused-ring (bicyclic) bond motifs is 1. The van der Waals surface area contributed by atoms with E-state index in [2.05, 4.69) is 46.9 Å². The van der Waals surface area contributed by atoms with Crippen molar-refractivity contribution in [2.75, 3.05) is 68.5 Å². The van der Waals surface area contributed by atoms with E-state index in [1.54, 1.807) is 30.5 Å². The normalized spacial score (nSPS) is 20.5. The highest BCUT2D eigenvalue weighted by Crippen LogP contribution is 2.30. The molecule has 14 nitrogen and oxygen atoms in total. The first-order chi connectivity index (χ1) is 27.1. The first-order valence-corrected chi connectivity index (χ1v) is 21.4. The highest BCUT2D eigenvalue weighted by atomic mass is 32.2. The molecule has 296 valence electrons. The van der Waals surface area contributed by atoms with Crippen LogP contribution in [0.2, 0.25) is 0 Å². The number of hydrogen-bond donors (Lipinski definition) is 4. The molecular formula is C41H51N9O5S. The third-order valence-corrected chi connectivity index (χ3v) is 12.8. The van der Waals surface area contributed by atoms with Gasteiger partial charge in [-0.1, -0.05) is 24.3 Å². The van der Waals surface area contributed by atoms with Gasteiger partial charge in [-0.2, -0.15) is 13.1 Å². The predicted molar refractivity (Wildman–Crippen MR) is 216 cm³/mol. The molecule has 4 N–H and O–H groups in total. The van der Waals surface area contributed by atoms with E-state index >= 15 is 0 Å². The molecule has 0 bridgehead atoms. The topological polar surface area (TPSA) is 160 Å². The Bertz CT molecular complexity index is 2170. The fourth-order valence-electron chi connectivity index (χ4n) is 8.24. The minimum Gasteiger partial charge on any atom is -0.372 e. The Hall–Kier alpha value is -4.83. The molecule has 1 aliphatic carbocycles. The molecule has 0 spiro atoms. The first-order valence-electron chi connectivity index (χ1n) is 19.9. The van der Waals surface area contributed by atoms with Gasteiger partial charge in [0.15, 0.2) is 0 Å². The van der Waals surface area contributed by atoms with E-state index in [9.17, 15) is 22.8 Å². The predicted octanol–water partition coefficient (Wildman–Crippen LogP) is 3.58. The number of hydrogen-bond acceptors (Lipinski definition) is 9. The lowest BCUT2D eigenvalue weighted by molar-refractivity contribution is -0.134. The molecule has 1 saturated carbocycles. The summed E-state index contributed by atoms with van der Waals surface area (Å²) in [4.78, 5) is 48.6. The summed E-state index contributed by atoms with van der Waals surface area (Å²) in [6.45, 7) is 7.68. The average molecular weight is 782 g/mol. The van der Waals surface area contributed by atoms with E-state index in [0.29, 0.717) is 54.4 Å². The van der Waals surface area contributed by atoms with Gasteiger partial charge in [0.05, 0.1) is 22.9 Å². The summed E-state index contributed by atoms with van der Waals surface area (Å²) in [6.07, 6.45) is 9.98. The largest absolute Gasteiger partial charge is 0.372 e. The second-order valence-electron chi connectivity index (χ2n) is 15.7. The summed E-state index contributed by atoms with van der Waals surface area (Å²) in [5.41, 5.74) is 5.26. The molecule has 3 amide bonds. The number of nitrogens with zero attached hydrogens (tertiary/aromatic N) is 5. The summed E-state index contributed by atoms with van der Waals surface area (Å²) in [5.74, 6) is -0.115. The molecule has 56 heavy (non-hydrogen) atoms. The van der Waals surface area contributed by atoms with E-state index in [-0.39, 0.29) is 29.7 Å². The van der Waals surface area contributed by atoms with Gasteiger partial charge in [-0.05, 0) is 86.4 Å². The number of benzene rings is 2. The van der Waals surface area contributed by atoms with Crippen LogP contribution in [-0.4, -0.2) is 110 Å². The molecule has 3 aliphatic heterocycles. The van der Waals surface area contributed by atoms with Gasteiger partial charge in [0.1, 0.15) is 5.65 Å². The van der Waals surface area contributed by atoms with Gasteiger partial charge in [0, 0.05) is 95.0 Å². The fourth-order valence-corrected chi connectivity index (χ4v) is 9.11. The lowest BCUT2D eigenvalue weighted by Gasteiger charge is -2.39. The molecule has 1 atom stereocenters. The number of piperazine rings is 1. The molecule has 15 heteroatoms. The van der Waals surface area contributed by atoms with Crippen molar-refractivity contribution in [1.82, 2.24) is 34.5 Å². The Morgan fingerprint density at radius 1 is 0.857 bits per heavy atom. The molecule has 2 aromatic carbocycles. The van der Waals surface area contributed by atoms with Gasteiger partial charge in [0.2, 0.25) is 11.8 Å². The second-order valence-corrected chi connectivity index (χ2v) is 17.2. The molecule has 4 fully saturated rings. The Kier molecular flexibility index (Phi) is 11.4. The van der Waals surface area contributed by atoms with Crippen molar-refractivity contribution in [3.05, 3.63) is 84.2 Å². The number of pyridine rings is 1. The SMILES string of the molecule is O=C1CCC(c2cccc(N3CCC(CN4CCN(CCNS(=O)(=O)Nc5cccc(-c6cn7cc(C(=O)NC8CCC8)ccc7n6)c5)CC4)CC3)c2)C(=O)N1. The van der Waals surface area contributed by atoms with Crippen molar-refractivity contribution < 1.29 is 22.8 Å². The zero-order valence-corrected chi connectivity index (χ0v) is 32.5. The fraction of sp³-hybridized carbons (Fsp3) is 0.463. The van der Waals surface area contributed by atoms with Crippen molar-refractivity contribution >= 4 is 45.0 Å². The van der Waals surface area contributed by atoms with E-state index in [4.69, 9.17) is 4.98 Å². The number of carbonyl (C=O) groups excluding carboxylic acids is 3. The number of imidazole rings is 1. The smallest absolute Gasteiger partial charge is 0.299 e. The number of amides is 3. The van der Waals surface area contributed by atoms with Crippen LogP contribution in [0.15, 0.2) is 73.1 Å². The van der Waals surface area contributed by atoms with E-state index in [0.717, 1.165) is 94.7 Å². The standard InChI is InChI=1S/C41H51N9O5S/c51-39-13-11-36(41(53)45-39)30-4-2-9-35(25-30)49-17-14-29(15-18-49)26-48-22-20-47(21-23-48)19-16-42-56(54,55)46-34-8-1-5-31(24-34)37-28-50-27-32(10-12-38(50)44-37)40(52)43-33-6-3-7-33/h1-2,4-5,8-10,12,24-25,27-29,33,36,42,46H,3,6-7,11,13-23,26H2,(H,43,52)(H,45,51,53). The number of anilines is 2. The zero-order valence-electron chi connectivity index (χ0n) is 31.7. The number of aromatic nitrogens is 2. The maximum atomic E-state index is 13.0. The molecule has 1 unspecified atom stereocenters. The minimum atomic E-state index is -3.79. The summed E-state index contributed by atoms with van der Waals surface area (Å²) in [6, 6.07) is 19.2. The highest BCUT2D eigenvalue weighted by molar-refractivity contribution is 7.90. The zero-order chi connectivity index (χ0) is 38.6. The van der Waals surface area contributed by atoms with Crippen LogP contribution < -0.4 is 25.0 Å². The molecule has 5 heterocycles. The van der Waals surface area contributed by atoms with Crippen molar-refractivity contribution in [3.8, 4) is 11.3 Å². The van der Waals surface area contributed by atoms with Gasteiger partial charge in [0.25, 0.3) is 16.1 Å². The van der Waals surface area contributed by atoms with Crippen LogP contribution in [0.5, 0.6) is 0 Å². The van der Waals surface area contributed by atoms with Gasteiger partial charge in [-0.25, -0.2) is 4.98 Å². The van der Waals surface area contributed by atoms with Crippen LogP contribution in [0.3, 0.4) is 0 Å². The molecule has 4 aliphatic rings. The quantitative estimate of drug-likeness (QED) is 0.149. The first kappa shape index (κ1) is 38.1. The van der Waals surface area contributed by atoms with E-state index in [1.807, 2.05) is 34.9 Å². The maximum absolute atomic E-state index is 13.0. The van der Waals surface area contributed by atoms with Gasteiger partial charge in [-0.15, -0.1) is 0 Å². The van der Waals surface area contributed by atoms with Crippen LogP contribution in [0, 0.1) is 5.92 Å². The Morgan fingerprint density at radius 3 is 2.41 bits per heavy atom. The molecule has 4 aromatic rings. The van der Waals surface area contributed by atoms with E-state index in [1.165, 1.54) is 0 Å². The lowest BCUT2D eigenvalue weighted by Crippen LogP contribution is -2.50. The van der Waals surface area contributed by atoms with Crippen molar-refractivity contribution in [1.29, 1.82) is 0 Å². The summed E-state index contributed by atoms with van der Waals surface area (Å²) in [5, 5.41) is 5.54. The van der Waals surface area contributed by atoms with Crippen molar-refractivity contribution in [2.24, 2.45) is 5.92 Å². The van der Waals surface area contributed by atoms with Crippen LogP contribution >= 0.6 is 0 Å². The maximum Gasteiger partial charge on any atom is 0.299 e. The van der Waals surface area contributed by atoms with E-state index < -0.39 is 10.2 Å². The van der Waals surface area contributed by atoms with Crippen LogP contribution in [0.1, 0.15) is 66.8 Å².